The molecule has 1 fully saturated rings. The minimum Gasteiger partial charge on any atom is -0.489 e. The highest BCUT2D eigenvalue weighted by molar-refractivity contribution is 6.39. The molecule has 176 valence electrons. The number of imide groups is 2. The average molecular weight is 492 g/mol. The van der Waals surface area contributed by atoms with Gasteiger partial charge in [0.25, 0.3) is 17.5 Å². The second-order valence-corrected chi connectivity index (χ2v) is 8.03. The van der Waals surface area contributed by atoms with Crippen molar-refractivity contribution in [3.05, 3.63) is 104 Å². The molecule has 1 aliphatic rings. The molecule has 0 unspecified atom stereocenters. The first-order chi connectivity index (χ1) is 16.7. The van der Waals surface area contributed by atoms with E-state index < -0.39 is 22.8 Å². The lowest BCUT2D eigenvalue weighted by atomic mass is 10.1. The number of nitro groups is 1. The number of barbiturate groups is 1. The predicted octanol–water partition coefficient (Wildman–Crippen LogP) is 4.80. The van der Waals surface area contributed by atoms with Crippen LogP contribution in [0.1, 0.15) is 16.7 Å². The van der Waals surface area contributed by atoms with Gasteiger partial charge >= 0.3 is 6.03 Å². The Hall–Kier alpha value is -4.50. The first-order valence-electron chi connectivity index (χ1n) is 10.4. The topological polar surface area (TPSA) is 119 Å². The lowest BCUT2D eigenvalue weighted by Crippen LogP contribution is -2.54. The Balaban J connectivity index is 1.56. The number of nitro benzene ring substituents is 1. The van der Waals surface area contributed by atoms with Crippen molar-refractivity contribution in [1.29, 1.82) is 0 Å². The first-order valence-corrected chi connectivity index (χ1v) is 10.7. The maximum absolute atomic E-state index is 13.1. The van der Waals surface area contributed by atoms with E-state index in [1.54, 1.807) is 61.5 Å². The number of carbonyl (C=O) groups is 3. The van der Waals surface area contributed by atoms with E-state index in [-0.39, 0.29) is 23.6 Å². The van der Waals surface area contributed by atoms with E-state index in [2.05, 4.69) is 5.32 Å². The molecule has 1 saturated heterocycles. The Morgan fingerprint density at radius 1 is 1.06 bits per heavy atom. The molecule has 1 heterocycles. The van der Waals surface area contributed by atoms with E-state index in [9.17, 15) is 24.5 Å². The van der Waals surface area contributed by atoms with Crippen molar-refractivity contribution in [3.63, 3.8) is 0 Å². The largest absolute Gasteiger partial charge is 0.489 e. The van der Waals surface area contributed by atoms with E-state index in [0.29, 0.717) is 21.9 Å². The number of halogens is 1. The number of carbonyl (C=O) groups excluding carboxylic acids is 3. The molecule has 1 N–H and O–H groups in total. The normalized spacial score (nSPS) is 14.7. The van der Waals surface area contributed by atoms with Gasteiger partial charge in [-0.05, 0) is 66.1 Å². The van der Waals surface area contributed by atoms with Gasteiger partial charge in [0.05, 0.1) is 10.6 Å². The van der Waals surface area contributed by atoms with E-state index in [1.165, 1.54) is 18.2 Å². The molecule has 10 heteroatoms. The summed E-state index contributed by atoms with van der Waals surface area (Å²) < 4.78 is 5.75. The zero-order chi connectivity index (χ0) is 25.1. The molecule has 4 rings (SSSR count). The van der Waals surface area contributed by atoms with Gasteiger partial charge in [-0.3, -0.25) is 25.0 Å². The summed E-state index contributed by atoms with van der Waals surface area (Å²) >= 11 is 6.14. The van der Waals surface area contributed by atoms with Crippen molar-refractivity contribution in [2.45, 2.75) is 13.5 Å². The first kappa shape index (κ1) is 23.7. The lowest BCUT2D eigenvalue weighted by Gasteiger charge is -2.27. The quantitative estimate of drug-likeness (QED) is 0.229. The van der Waals surface area contributed by atoms with Crippen LogP contribution in [0.15, 0.2) is 72.3 Å². The molecule has 0 bridgehead atoms. The number of rotatable bonds is 6. The fourth-order valence-corrected chi connectivity index (χ4v) is 3.63. The van der Waals surface area contributed by atoms with Gasteiger partial charge in [0.15, 0.2) is 0 Å². The molecular formula is C25H18ClN3O6. The summed E-state index contributed by atoms with van der Waals surface area (Å²) in [6.45, 7) is 1.83. The van der Waals surface area contributed by atoms with Crippen LogP contribution in [0.5, 0.6) is 5.75 Å². The summed E-state index contributed by atoms with van der Waals surface area (Å²) in [5, 5.41) is 13.3. The van der Waals surface area contributed by atoms with Crippen molar-refractivity contribution >= 4 is 46.9 Å². The molecule has 35 heavy (non-hydrogen) atoms. The second-order valence-electron chi connectivity index (χ2n) is 7.63. The van der Waals surface area contributed by atoms with Gasteiger partial charge in [-0.1, -0.05) is 29.8 Å². The molecule has 0 atom stereocenters. The van der Waals surface area contributed by atoms with Gasteiger partial charge in [0.1, 0.15) is 17.9 Å². The number of benzene rings is 3. The number of nitrogens with zero attached hydrogens (tertiary/aromatic N) is 2. The average Bonchev–Trinajstić information content (AvgIpc) is 2.83. The minimum absolute atomic E-state index is 0.0155. The Bertz CT molecular complexity index is 1380. The predicted molar refractivity (Wildman–Crippen MR) is 129 cm³/mol. The van der Waals surface area contributed by atoms with Crippen LogP contribution in [0.25, 0.3) is 6.08 Å². The monoisotopic (exact) mass is 491 g/mol. The second kappa shape index (κ2) is 9.78. The van der Waals surface area contributed by atoms with Crippen LogP contribution in [0.4, 0.5) is 16.2 Å². The van der Waals surface area contributed by atoms with E-state index >= 15 is 0 Å². The third-order valence-electron chi connectivity index (χ3n) is 5.30. The Morgan fingerprint density at radius 2 is 1.77 bits per heavy atom. The van der Waals surface area contributed by atoms with Crippen LogP contribution in [-0.2, 0) is 16.2 Å². The van der Waals surface area contributed by atoms with Gasteiger partial charge < -0.3 is 4.74 Å². The highest BCUT2D eigenvalue weighted by Gasteiger charge is 2.37. The van der Waals surface area contributed by atoms with Crippen molar-refractivity contribution < 1.29 is 24.0 Å². The molecule has 3 aromatic rings. The van der Waals surface area contributed by atoms with E-state index in [0.717, 1.165) is 10.5 Å². The summed E-state index contributed by atoms with van der Waals surface area (Å²) in [6.07, 6.45) is 1.37. The van der Waals surface area contributed by atoms with Gasteiger partial charge in [-0.15, -0.1) is 0 Å². The molecule has 0 aliphatic carbocycles. The number of hydrogen-bond donors (Lipinski definition) is 1. The molecule has 0 saturated carbocycles. The van der Waals surface area contributed by atoms with Crippen LogP contribution >= 0.6 is 11.6 Å². The van der Waals surface area contributed by atoms with Crippen molar-refractivity contribution in [2.24, 2.45) is 0 Å². The molecule has 9 nitrogen and oxygen atoms in total. The number of non-ortho nitro benzene ring substituents is 1. The van der Waals surface area contributed by atoms with E-state index in [4.69, 9.17) is 16.3 Å². The minimum atomic E-state index is -0.859. The lowest BCUT2D eigenvalue weighted by molar-refractivity contribution is -0.384. The Morgan fingerprint density at radius 3 is 2.49 bits per heavy atom. The number of amides is 4. The molecule has 3 aromatic carbocycles. The Kier molecular flexibility index (Phi) is 6.61. The van der Waals surface area contributed by atoms with Gasteiger partial charge in [-0.2, -0.15) is 0 Å². The number of anilines is 1. The molecule has 0 aromatic heterocycles. The number of urea groups is 1. The van der Waals surface area contributed by atoms with Crippen molar-refractivity contribution in [3.8, 4) is 5.75 Å². The third-order valence-corrected chi connectivity index (χ3v) is 5.71. The summed E-state index contributed by atoms with van der Waals surface area (Å²) in [5.41, 5.74) is 1.79. The Labute approximate surface area is 204 Å². The molecule has 1 aliphatic heterocycles. The van der Waals surface area contributed by atoms with Crippen molar-refractivity contribution in [2.75, 3.05) is 4.90 Å². The maximum atomic E-state index is 13.1. The number of nitrogens with one attached hydrogen (secondary N) is 1. The fraction of sp³-hybridized carbons (Fsp3) is 0.0800. The van der Waals surface area contributed by atoms with Gasteiger partial charge in [-0.25, -0.2) is 9.69 Å². The van der Waals surface area contributed by atoms with Gasteiger partial charge in [0.2, 0.25) is 0 Å². The van der Waals surface area contributed by atoms with Crippen molar-refractivity contribution in [1.82, 2.24) is 5.32 Å². The number of ether oxygens (including phenoxy) is 1. The van der Waals surface area contributed by atoms with Crippen LogP contribution in [0.2, 0.25) is 5.02 Å². The fourth-order valence-electron chi connectivity index (χ4n) is 3.46. The smallest absolute Gasteiger partial charge is 0.335 e. The van der Waals surface area contributed by atoms with E-state index in [1.807, 2.05) is 0 Å². The van der Waals surface area contributed by atoms with Crippen LogP contribution in [-0.4, -0.2) is 22.8 Å². The van der Waals surface area contributed by atoms with Gasteiger partial charge in [0, 0.05) is 17.2 Å². The number of hydrogen-bond acceptors (Lipinski definition) is 6. The molecule has 4 amide bonds. The summed E-state index contributed by atoms with van der Waals surface area (Å²) in [5.74, 6) is -1.13. The SMILES string of the molecule is Cc1c(Cl)cccc1N1C(=O)NC(=O)/C(=C/c2cccc(OCc3ccc([N+](=O)[O-])cc3)c2)C1=O. The molecular weight excluding hydrogens is 474 g/mol. The molecule has 0 spiro atoms. The summed E-state index contributed by atoms with van der Waals surface area (Å²) in [7, 11) is 0. The van der Waals surface area contributed by atoms with Crippen LogP contribution in [0.3, 0.4) is 0 Å². The molecule has 0 radical (unpaired) electrons. The zero-order valence-corrected chi connectivity index (χ0v) is 19.1. The zero-order valence-electron chi connectivity index (χ0n) is 18.4. The highest BCUT2D eigenvalue weighted by atomic mass is 35.5. The van der Waals surface area contributed by atoms with Crippen LogP contribution < -0.4 is 15.0 Å². The summed E-state index contributed by atoms with van der Waals surface area (Å²) in [4.78, 5) is 49.2. The third kappa shape index (κ3) is 5.04. The maximum Gasteiger partial charge on any atom is 0.335 e. The highest BCUT2D eigenvalue weighted by Crippen LogP contribution is 2.29. The standard InChI is InChI=1S/C25H18ClN3O6/c1-15-21(26)6-3-7-22(15)28-24(31)20(23(30)27-25(28)32)13-17-4-2-5-19(12-17)35-14-16-8-10-18(11-9-16)29(33)34/h2-13H,14H2,1H3,(H,27,30,32)/b20-13-. The van der Waals surface area contributed by atoms with Crippen LogP contribution in [0, 0.1) is 17.0 Å². The summed E-state index contributed by atoms with van der Waals surface area (Å²) in [6, 6.07) is 16.6.